The van der Waals surface area contributed by atoms with Gasteiger partial charge in [0.1, 0.15) is 0 Å². The molecule has 142 valence electrons. The SMILES string of the molecule is CCc1c(-c2nnc(C)o2)nn(-c2ccc(Cl)cc2Cl)c1-c1ccc(Br)cc1. The number of halogens is 3. The van der Waals surface area contributed by atoms with Crippen LogP contribution in [0.4, 0.5) is 0 Å². The first-order chi connectivity index (χ1) is 13.5. The maximum atomic E-state index is 6.50. The van der Waals surface area contributed by atoms with E-state index >= 15 is 0 Å². The van der Waals surface area contributed by atoms with Crippen LogP contribution in [0.1, 0.15) is 18.4 Å². The van der Waals surface area contributed by atoms with E-state index in [-0.39, 0.29) is 0 Å². The van der Waals surface area contributed by atoms with Crippen LogP contribution < -0.4 is 0 Å². The van der Waals surface area contributed by atoms with Crippen molar-refractivity contribution in [3.63, 3.8) is 0 Å². The lowest BCUT2D eigenvalue weighted by molar-refractivity contribution is 0.530. The average molecular weight is 478 g/mol. The monoisotopic (exact) mass is 476 g/mol. The highest BCUT2D eigenvalue weighted by atomic mass is 79.9. The molecular formula is C20H15BrCl2N4O. The van der Waals surface area contributed by atoms with E-state index in [2.05, 4.69) is 33.1 Å². The largest absolute Gasteiger partial charge is 0.420 e. The highest BCUT2D eigenvalue weighted by Crippen LogP contribution is 2.36. The van der Waals surface area contributed by atoms with Gasteiger partial charge in [-0.05, 0) is 36.8 Å². The van der Waals surface area contributed by atoms with Crippen LogP contribution in [-0.4, -0.2) is 20.0 Å². The minimum atomic E-state index is 0.386. The van der Waals surface area contributed by atoms with Gasteiger partial charge in [0.05, 0.1) is 16.4 Å². The van der Waals surface area contributed by atoms with Crippen molar-refractivity contribution in [1.82, 2.24) is 20.0 Å². The van der Waals surface area contributed by atoms with E-state index < -0.39 is 0 Å². The second kappa shape index (κ2) is 7.70. The molecule has 0 unspecified atom stereocenters. The highest BCUT2D eigenvalue weighted by Gasteiger charge is 2.24. The molecule has 5 nitrogen and oxygen atoms in total. The summed E-state index contributed by atoms with van der Waals surface area (Å²) in [5, 5.41) is 14.0. The van der Waals surface area contributed by atoms with Crippen LogP contribution >= 0.6 is 39.1 Å². The van der Waals surface area contributed by atoms with E-state index in [1.54, 1.807) is 19.1 Å². The molecule has 8 heteroatoms. The quantitative estimate of drug-likeness (QED) is 0.335. The van der Waals surface area contributed by atoms with Gasteiger partial charge in [0.2, 0.25) is 5.89 Å². The zero-order valence-corrected chi connectivity index (χ0v) is 18.2. The number of rotatable bonds is 4. The molecule has 0 aliphatic rings. The molecule has 0 aliphatic heterocycles. The summed E-state index contributed by atoms with van der Waals surface area (Å²) in [6, 6.07) is 13.4. The molecule has 28 heavy (non-hydrogen) atoms. The van der Waals surface area contributed by atoms with Gasteiger partial charge in [-0.1, -0.05) is 58.2 Å². The van der Waals surface area contributed by atoms with E-state index in [4.69, 9.17) is 32.7 Å². The molecule has 0 spiro atoms. The van der Waals surface area contributed by atoms with Gasteiger partial charge >= 0.3 is 0 Å². The Balaban J connectivity index is 2.03. The van der Waals surface area contributed by atoms with Crippen molar-refractivity contribution in [2.24, 2.45) is 0 Å². The predicted octanol–water partition coefficient (Wildman–Crippen LogP) is 6.53. The molecule has 0 amide bonds. The van der Waals surface area contributed by atoms with Gasteiger partial charge in [0.25, 0.3) is 5.89 Å². The summed E-state index contributed by atoms with van der Waals surface area (Å²) < 4.78 is 8.47. The summed E-state index contributed by atoms with van der Waals surface area (Å²) in [4.78, 5) is 0. The lowest BCUT2D eigenvalue weighted by atomic mass is 10.0. The smallest absolute Gasteiger partial charge is 0.268 e. The van der Waals surface area contributed by atoms with Crippen molar-refractivity contribution in [1.29, 1.82) is 0 Å². The third-order valence-corrected chi connectivity index (χ3v) is 5.39. The van der Waals surface area contributed by atoms with Crippen molar-refractivity contribution < 1.29 is 4.42 Å². The van der Waals surface area contributed by atoms with Gasteiger partial charge < -0.3 is 4.42 Å². The van der Waals surface area contributed by atoms with Gasteiger partial charge in [0.15, 0.2) is 5.69 Å². The number of aryl methyl sites for hydroxylation is 1. The summed E-state index contributed by atoms with van der Waals surface area (Å²) in [6.07, 6.45) is 0.730. The van der Waals surface area contributed by atoms with Crippen molar-refractivity contribution >= 4 is 39.1 Å². The van der Waals surface area contributed by atoms with Crippen LogP contribution in [0.25, 0.3) is 28.5 Å². The second-order valence-corrected chi connectivity index (χ2v) is 7.93. The fraction of sp³-hybridized carbons (Fsp3) is 0.150. The van der Waals surface area contributed by atoms with Gasteiger partial charge in [-0.2, -0.15) is 5.10 Å². The molecule has 0 atom stereocenters. The van der Waals surface area contributed by atoms with Crippen molar-refractivity contribution in [3.05, 3.63) is 68.4 Å². The summed E-state index contributed by atoms with van der Waals surface area (Å²) in [5.74, 6) is 0.873. The first-order valence-corrected chi connectivity index (χ1v) is 10.2. The van der Waals surface area contributed by atoms with E-state index in [0.717, 1.165) is 33.4 Å². The molecule has 4 aromatic rings. The molecule has 0 aliphatic carbocycles. The van der Waals surface area contributed by atoms with E-state index in [1.807, 2.05) is 35.0 Å². The Bertz CT molecular complexity index is 1150. The summed E-state index contributed by atoms with van der Waals surface area (Å²) in [6.45, 7) is 3.82. The molecule has 0 bridgehead atoms. The van der Waals surface area contributed by atoms with Crippen LogP contribution in [0.3, 0.4) is 0 Å². The summed E-state index contributed by atoms with van der Waals surface area (Å²) in [5.41, 5.74) is 4.29. The van der Waals surface area contributed by atoms with Crippen molar-refractivity contribution in [3.8, 4) is 28.5 Å². The molecule has 0 saturated carbocycles. The molecule has 2 aromatic carbocycles. The molecule has 0 saturated heterocycles. The third kappa shape index (κ3) is 3.48. The molecular weight excluding hydrogens is 463 g/mol. The first kappa shape index (κ1) is 19.2. The van der Waals surface area contributed by atoms with Crippen molar-refractivity contribution in [2.45, 2.75) is 20.3 Å². The Morgan fingerprint density at radius 2 is 1.82 bits per heavy atom. The predicted molar refractivity (Wildman–Crippen MR) is 114 cm³/mol. The Morgan fingerprint density at radius 3 is 2.43 bits per heavy atom. The average Bonchev–Trinajstić information content (AvgIpc) is 3.26. The molecule has 0 fully saturated rings. The normalized spacial score (nSPS) is 11.2. The lowest BCUT2D eigenvalue weighted by Gasteiger charge is -2.11. The number of hydrogen-bond acceptors (Lipinski definition) is 4. The Kier molecular flexibility index (Phi) is 5.27. The van der Waals surface area contributed by atoms with E-state index in [1.165, 1.54) is 0 Å². The number of aromatic nitrogens is 4. The fourth-order valence-electron chi connectivity index (χ4n) is 3.08. The molecule has 2 heterocycles. The lowest BCUT2D eigenvalue weighted by Crippen LogP contribution is -2.01. The second-order valence-electron chi connectivity index (χ2n) is 6.17. The van der Waals surface area contributed by atoms with Gasteiger partial charge in [-0.3, -0.25) is 0 Å². The minimum absolute atomic E-state index is 0.386. The summed E-state index contributed by atoms with van der Waals surface area (Å²) >= 11 is 16.1. The van der Waals surface area contributed by atoms with E-state index in [0.29, 0.717) is 27.5 Å². The van der Waals surface area contributed by atoms with E-state index in [9.17, 15) is 0 Å². The van der Waals surface area contributed by atoms with Gasteiger partial charge in [-0.15, -0.1) is 10.2 Å². The zero-order valence-electron chi connectivity index (χ0n) is 15.1. The van der Waals surface area contributed by atoms with Gasteiger partial charge in [-0.25, -0.2) is 4.68 Å². The Hall–Kier alpha value is -2.15. The van der Waals surface area contributed by atoms with Crippen LogP contribution in [0.5, 0.6) is 0 Å². The summed E-state index contributed by atoms with van der Waals surface area (Å²) in [7, 11) is 0. The maximum Gasteiger partial charge on any atom is 0.268 e. The zero-order chi connectivity index (χ0) is 19.8. The van der Waals surface area contributed by atoms with Gasteiger partial charge in [0, 0.05) is 27.5 Å². The number of benzene rings is 2. The maximum absolute atomic E-state index is 6.50. The van der Waals surface area contributed by atoms with Crippen LogP contribution in [-0.2, 0) is 6.42 Å². The van der Waals surface area contributed by atoms with Crippen LogP contribution in [0, 0.1) is 6.92 Å². The number of hydrogen-bond donors (Lipinski definition) is 0. The standard InChI is InChI=1S/C20H15BrCl2N4O/c1-3-15-18(20-25-24-11(2)28-20)26-27(17-9-8-14(22)10-16(17)23)19(15)12-4-6-13(21)7-5-12/h4-10H,3H2,1-2H3. The highest BCUT2D eigenvalue weighted by molar-refractivity contribution is 9.10. The Morgan fingerprint density at radius 1 is 1.07 bits per heavy atom. The Labute approximate surface area is 180 Å². The van der Waals surface area contributed by atoms with Crippen LogP contribution in [0.15, 0.2) is 51.4 Å². The minimum Gasteiger partial charge on any atom is -0.420 e. The van der Waals surface area contributed by atoms with Crippen LogP contribution in [0.2, 0.25) is 10.0 Å². The molecule has 0 radical (unpaired) electrons. The third-order valence-electron chi connectivity index (χ3n) is 4.32. The molecule has 0 N–H and O–H groups in total. The molecule has 2 aromatic heterocycles. The number of nitrogens with zero attached hydrogens (tertiary/aromatic N) is 4. The fourth-order valence-corrected chi connectivity index (χ4v) is 3.83. The first-order valence-electron chi connectivity index (χ1n) is 8.61. The topological polar surface area (TPSA) is 56.7 Å². The molecule has 4 rings (SSSR count). The van der Waals surface area contributed by atoms with Crippen molar-refractivity contribution in [2.75, 3.05) is 0 Å².